The normalized spacial score (nSPS) is 12.8. The highest BCUT2D eigenvalue weighted by Gasteiger charge is 2.20. The molecule has 0 unspecified atom stereocenters. The number of carboxylic acids is 1. The van der Waals surface area contributed by atoms with Crippen molar-refractivity contribution in [3.05, 3.63) is 101 Å². The van der Waals surface area contributed by atoms with Gasteiger partial charge < -0.3 is 14.7 Å². The molecule has 0 radical (unpaired) electrons. The van der Waals surface area contributed by atoms with Gasteiger partial charge in [-0.3, -0.25) is 4.79 Å². The van der Waals surface area contributed by atoms with Gasteiger partial charge in [-0.15, -0.1) is 0 Å². The largest absolute Gasteiger partial charge is 0.489 e. The first-order valence-electron chi connectivity index (χ1n) is 10.5. The second-order valence-corrected chi connectivity index (χ2v) is 7.73. The molecule has 0 saturated heterocycles. The molecule has 3 aromatic carbocycles. The standard InChI is InChI=1S/C26H25NO4/c28-25(27-16-15-20-5-1-2-6-21(20)17-27)14-11-19-9-12-23(13-10-19)31-18-22-7-3-4-8-24(22)26(29)30/h1-10,12-13H,11,14-18H2,(H,29,30). The maximum Gasteiger partial charge on any atom is 0.336 e. The van der Waals surface area contributed by atoms with E-state index in [0.717, 1.165) is 18.5 Å². The second kappa shape index (κ2) is 9.47. The number of carboxylic acid groups (broad SMARTS) is 1. The van der Waals surface area contributed by atoms with Crippen molar-refractivity contribution in [3.63, 3.8) is 0 Å². The molecule has 0 aromatic heterocycles. The van der Waals surface area contributed by atoms with Gasteiger partial charge in [0.05, 0.1) is 5.56 Å². The molecule has 0 fully saturated rings. The molecule has 1 heterocycles. The third-order valence-electron chi connectivity index (χ3n) is 5.68. The van der Waals surface area contributed by atoms with Gasteiger partial charge in [-0.1, -0.05) is 54.6 Å². The molecule has 5 heteroatoms. The van der Waals surface area contributed by atoms with Gasteiger partial charge >= 0.3 is 5.97 Å². The van der Waals surface area contributed by atoms with Crippen molar-refractivity contribution < 1.29 is 19.4 Å². The SMILES string of the molecule is O=C(O)c1ccccc1COc1ccc(CCC(=O)N2CCc3ccccc3C2)cc1. The van der Waals surface area contributed by atoms with Crippen molar-refractivity contribution in [2.45, 2.75) is 32.4 Å². The third-order valence-corrected chi connectivity index (χ3v) is 5.68. The summed E-state index contributed by atoms with van der Waals surface area (Å²) in [6.45, 7) is 1.66. The number of ether oxygens (including phenoxy) is 1. The molecule has 31 heavy (non-hydrogen) atoms. The summed E-state index contributed by atoms with van der Waals surface area (Å²) in [5.74, 6) is -0.112. The molecule has 158 valence electrons. The molecule has 0 aliphatic carbocycles. The topological polar surface area (TPSA) is 66.8 Å². The Morgan fingerprint density at radius 3 is 2.39 bits per heavy atom. The van der Waals surface area contributed by atoms with E-state index >= 15 is 0 Å². The molecule has 1 amide bonds. The zero-order chi connectivity index (χ0) is 21.6. The summed E-state index contributed by atoms with van der Waals surface area (Å²) < 4.78 is 5.75. The summed E-state index contributed by atoms with van der Waals surface area (Å²) in [4.78, 5) is 25.9. The van der Waals surface area contributed by atoms with Gasteiger partial charge in [-0.05, 0) is 47.7 Å². The minimum atomic E-state index is -0.962. The van der Waals surface area contributed by atoms with Crippen molar-refractivity contribution >= 4 is 11.9 Å². The van der Waals surface area contributed by atoms with E-state index in [0.29, 0.717) is 30.7 Å². The van der Waals surface area contributed by atoms with Gasteiger partial charge in [0, 0.05) is 25.1 Å². The predicted octanol–water partition coefficient (Wildman–Crippen LogP) is 4.48. The van der Waals surface area contributed by atoms with E-state index in [1.54, 1.807) is 24.3 Å². The Morgan fingerprint density at radius 1 is 0.903 bits per heavy atom. The van der Waals surface area contributed by atoms with Crippen LogP contribution in [0.1, 0.15) is 39.0 Å². The fourth-order valence-corrected chi connectivity index (χ4v) is 3.89. The predicted molar refractivity (Wildman–Crippen MR) is 118 cm³/mol. The molecular formula is C26H25NO4. The number of aryl methyl sites for hydroxylation is 1. The molecule has 0 bridgehead atoms. The van der Waals surface area contributed by atoms with E-state index in [9.17, 15) is 14.7 Å². The van der Waals surface area contributed by atoms with Crippen LogP contribution in [0.15, 0.2) is 72.8 Å². The lowest BCUT2D eigenvalue weighted by Gasteiger charge is -2.29. The Hall–Kier alpha value is -3.60. The van der Waals surface area contributed by atoms with Crippen LogP contribution in [0.3, 0.4) is 0 Å². The van der Waals surface area contributed by atoms with E-state index in [4.69, 9.17) is 4.74 Å². The lowest BCUT2D eigenvalue weighted by Crippen LogP contribution is -2.36. The summed E-state index contributed by atoms with van der Waals surface area (Å²) in [6, 6.07) is 22.8. The first-order valence-corrected chi connectivity index (χ1v) is 10.5. The molecular weight excluding hydrogens is 390 g/mol. The van der Waals surface area contributed by atoms with E-state index < -0.39 is 5.97 Å². The average Bonchev–Trinajstić information content (AvgIpc) is 2.81. The first-order chi connectivity index (χ1) is 15.1. The Kier molecular flexibility index (Phi) is 6.32. The van der Waals surface area contributed by atoms with Gasteiger partial charge in [0.2, 0.25) is 5.91 Å². The molecule has 0 spiro atoms. The maximum absolute atomic E-state index is 12.6. The highest BCUT2D eigenvalue weighted by Crippen LogP contribution is 2.20. The zero-order valence-corrected chi connectivity index (χ0v) is 17.3. The van der Waals surface area contributed by atoms with Crippen LogP contribution in [-0.2, 0) is 30.8 Å². The third kappa shape index (κ3) is 5.12. The van der Waals surface area contributed by atoms with Crippen molar-refractivity contribution in [1.82, 2.24) is 4.90 Å². The van der Waals surface area contributed by atoms with Crippen molar-refractivity contribution in [2.75, 3.05) is 6.54 Å². The van der Waals surface area contributed by atoms with Crippen molar-refractivity contribution in [3.8, 4) is 5.75 Å². The summed E-state index contributed by atoms with van der Waals surface area (Å²) in [5, 5.41) is 9.26. The number of hydrogen-bond donors (Lipinski definition) is 1. The number of carbonyl (C=O) groups excluding carboxylic acids is 1. The number of aromatic carboxylic acids is 1. The van der Waals surface area contributed by atoms with E-state index in [-0.39, 0.29) is 18.1 Å². The van der Waals surface area contributed by atoms with Crippen LogP contribution < -0.4 is 4.74 Å². The van der Waals surface area contributed by atoms with Crippen LogP contribution in [0.4, 0.5) is 0 Å². The van der Waals surface area contributed by atoms with Crippen LogP contribution in [0.2, 0.25) is 0 Å². The zero-order valence-electron chi connectivity index (χ0n) is 17.3. The first kappa shape index (κ1) is 20.7. The Morgan fingerprint density at radius 2 is 1.61 bits per heavy atom. The molecule has 0 saturated carbocycles. The molecule has 3 aromatic rings. The number of hydrogen-bond acceptors (Lipinski definition) is 3. The lowest BCUT2D eigenvalue weighted by atomic mass is 9.99. The van der Waals surface area contributed by atoms with Gasteiger partial charge in [-0.25, -0.2) is 4.79 Å². The van der Waals surface area contributed by atoms with Crippen LogP contribution in [0.5, 0.6) is 5.75 Å². The fourth-order valence-electron chi connectivity index (χ4n) is 3.89. The van der Waals surface area contributed by atoms with Gasteiger partial charge in [0.15, 0.2) is 0 Å². The maximum atomic E-state index is 12.6. The summed E-state index contributed by atoms with van der Waals surface area (Å²) >= 11 is 0. The summed E-state index contributed by atoms with van der Waals surface area (Å²) in [7, 11) is 0. The Balaban J connectivity index is 1.28. The number of amides is 1. The second-order valence-electron chi connectivity index (χ2n) is 7.73. The lowest BCUT2D eigenvalue weighted by molar-refractivity contribution is -0.132. The quantitative estimate of drug-likeness (QED) is 0.618. The summed E-state index contributed by atoms with van der Waals surface area (Å²) in [5.41, 5.74) is 4.54. The molecule has 1 N–H and O–H groups in total. The number of fused-ring (bicyclic) bond motifs is 1. The molecule has 1 aliphatic heterocycles. The van der Waals surface area contributed by atoms with Crippen LogP contribution in [0, 0.1) is 0 Å². The summed E-state index contributed by atoms with van der Waals surface area (Å²) in [6.07, 6.45) is 2.08. The monoisotopic (exact) mass is 415 g/mol. The van der Waals surface area contributed by atoms with Gasteiger partial charge in [0.1, 0.15) is 12.4 Å². The van der Waals surface area contributed by atoms with Crippen molar-refractivity contribution in [1.29, 1.82) is 0 Å². The molecule has 1 aliphatic rings. The van der Waals surface area contributed by atoms with Crippen LogP contribution in [0.25, 0.3) is 0 Å². The van der Waals surface area contributed by atoms with Crippen LogP contribution >= 0.6 is 0 Å². The van der Waals surface area contributed by atoms with E-state index in [1.165, 1.54) is 11.1 Å². The molecule has 0 atom stereocenters. The highest BCUT2D eigenvalue weighted by atomic mass is 16.5. The molecule has 4 rings (SSSR count). The fraction of sp³-hybridized carbons (Fsp3) is 0.231. The van der Waals surface area contributed by atoms with E-state index in [1.807, 2.05) is 35.2 Å². The average molecular weight is 415 g/mol. The Bertz CT molecular complexity index is 1070. The molecule has 5 nitrogen and oxygen atoms in total. The number of carbonyl (C=O) groups is 2. The van der Waals surface area contributed by atoms with Gasteiger partial charge in [0.25, 0.3) is 0 Å². The number of nitrogens with zero attached hydrogens (tertiary/aromatic N) is 1. The van der Waals surface area contributed by atoms with Crippen LogP contribution in [-0.4, -0.2) is 28.4 Å². The van der Waals surface area contributed by atoms with E-state index in [2.05, 4.69) is 18.2 Å². The number of benzene rings is 3. The minimum Gasteiger partial charge on any atom is -0.489 e. The Labute approximate surface area is 181 Å². The number of rotatable bonds is 7. The van der Waals surface area contributed by atoms with Gasteiger partial charge in [-0.2, -0.15) is 0 Å². The smallest absolute Gasteiger partial charge is 0.336 e. The minimum absolute atomic E-state index is 0.181. The van der Waals surface area contributed by atoms with Crippen molar-refractivity contribution in [2.24, 2.45) is 0 Å². The highest BCUT2D eigenvalue weighted by molar-refractivity contribution is 5.89.